The molecule has 0 amide bonds. The fourth-order valence-electron chi connectivity index (χ4n) is 2.04. The van der Waals surface area contributed by atoms with E-state index in [0.717, 1.165) is 24.2 Å². The van der Waals surface area contributed by atoms with Gasteiger partial charge in [-0.05, 0) is 37.5 Å². The van der Waals surface area contributed by atoms with Crippen molar-refractivity contribution < 1.29 is 4.74 Å². The Morgan fingerprint density at radius 1 is 1.33 bits per heavy atom. The second kappa shape index (κ2) is 5.17. The third kappa shape index (κ3) is 2.72. The van der Waals surface area contributed by atoms with Crippen molar-refractivity contribution in [3.63, 3.8) is 0 Å². The van der Waals surface area contributed by atoms with E-state index in [0.29, 0.717) is 0 Å². The molecule has 0 spiro atoms. The molecule has 2 heteroatoms. The lowest BCUT2D eigenvalue weighted by atomic mass is 9.96. The van der Waals surface area contributed by atoms with E-state index in [-0.39, 0.29) is 6.04 Å². The molecule has 1 atom stereocenters. The van der Waals surface area contributed by atoms with E-state index in [2.05, 4.69) is 32.9 Å². The summed E-state index contributed by atoms with van der Waals surface area (Å²) in [5.41, 5.74) is 9.76. The molecule has 2 N–H and O–H groups in total. The highest BCUT2D eigenvalue weighted by molar-refractivity contribution is 5.44. The molecule has 2 nitrogen and oxygen atoms in total. The van der Waals surface area contributed by atoms with Crippen LogP contribution in [0, 0.1) is 13.8 Å². The minimum absolute atomic E-state index is 0.0885. The monoisotopic (exact) mass is 207 g/mol. The molecular formula is C13H21NO. The van der Waals surface area contributed by atoms with Crippen LogP contribution in [-0.2, 0) is 0 Å². The van der Waals surface area contributed by atoms with E-state index in [9.17, 15) is 0 Å². The summed E-state index contributed by atoms with van der Waals surface area (Å²) in [7, 11) is 1.70. The number of aryl methyl sites for hydroxylation is 2. The van der Waals surface area contributed by atoms with Crippen molar-refractivity contribution in [1.29, 1.82) is 0 Å². The molecule has 0 aliphatic heterocycles. The first-order chi connectivity index (χ1) is 7.10. The van der Waals surface area contributed by atoms with Crippen molar-refractivity contribution in [3.05, 3.63) is 28.8 Å². The second-order valence-electron chi connectivity index (χ2n) is 4.09. The van der Waals surface area contributed by atoms with Gasteiger partial charge in [-0.15, -0.1) is 0 Å². The molecule has 1 unspecified atom stereocenters. The third-order valence-electron chi connectivity index (χ3n) is 2.68. The van der Waals surface area contributed by atoms with Crippen molar-refractivity contribution in [2.75, 3.05) is 7.11 Å². The molecule has 84 valence electrons. The molecule has 0 aromatic heterocycles. The van der Waals surface area contributed by atoms with E-state index < -0.39 is 0 Å². The molecular weight excluding hydrogens is 186 g/mol. The Morgan fingerprint density at radius 3 is 2.53 bits per heavy atom. The van der Waals surface area contributed by atoms with Crippen molar-refractivity contribution in [2.24, 2.45) is 5.73 Å². The van der Waals surface area contributed by atoms with Gasteiger partial charge in [0.15, 0.2) is 0 Å². The Labute approximate surface area is 92.4 Å². The SMILES string of the molecule is CCCC(N)c1c(C)cc(C)cc1OC. The Morgan fingerprint density at radius 2 is 2.00 bits per heavy atom. The molecule has 1 aromatic rings. The van der Waals surface area contributed by atoms with Crippen LogP contribution in [0.3, 0.4) is 0 Å². The molecule has 15 heavy (non-hydrogen) atoms. The lowest BCUT2D eigenvalue weighted by molar-refractivity contribution is 0.403. The molecule has 0 radical (unpaired) electrons. The van der Waals surface area contributed by atoms with Crippen LogP contribution in [0.5, 0.6) is 5.75 Å². The Kier molecular flexibility index (Phi) is 4.15. The van der Waals surface area contributed by atoms with Crippen molar-refractivity contribution >= 4 is 0 Å². The van der Waals surface area contributed by atoms with Gasteiger partial charge in [0.05, 0.1) is 7.11 Å². The lowest BCUT2D eigenvalue weighted by Gasteiger charge is -2.18. The summed E-state index contributed by atoms with van der Waals surface area (Å²) in [5, 5.41) is 0. The first-order valence-corrected chi connectivity index (χ1v) is 5.50. The van der Waals surface area contributed by atoms with Crippen LogP contribution < -0.4 is 10.5 Å². The van der Waals surface area contributed by atoms with Crippen LogP contribution in [0.2, 0.25) is 0 Å². The standard InChI is InChI=1S/C13H21NO/c1-5-6-11(14)13-10(3)7-9(2)8-12(13)15-4/h7-8,11H,5-6,14H2,1-4H3. The Balaban J connectivity index is 3.14. The maximum absolute atomic E-state index is 6.15. The number of hydrogen-bond donors (Lipinski definition) is 1. The van der Waals surface area contributed by atoms with E-state index in [4.69, 9.17) is 10.5 Å². The van der Waals surface area contributed by atoms with Gasteiger partial charge in [-0.1, -0.05) is 19.4 Å². The summed E-state index contributed by atoms with van der Waals surface area (Å²) < 4.78 is 5.39. The van der Waals surface area contributed by atoms with Gasteiger partial charge in [-0.3, -0.25) is 0 Å². The zero-order valence-electron chi connectivity index (χ0n) is 10.1. The average molecular weight is 207 g/mol. The minimum atomic E-state index is 0.0885. The maximum Gasteiger partial charge on any atom is 0.124 e. The van der Waals surface area contributed by atoms with Crippen LogP contribution in [-0.4, -0.2) is 7.11 Å². The Hall–Kier alpha value is -1.02. The van der Waals surface area contributed by atoms with Gasteiger partial charge in [0.2, 0.25) is 0 Å². The van der Waals surface area contributed by atoms with Gasteiger partial charge >= 0.3 is 0 Å². The molecule has 0 heterocycles. The zero-order chi connectivity index (χ0) is 11.4. The number of methoxy groups -OCH3 is 1. The van der Waals surface area contributed by atoms with Gasteiger partial charge < -0.3 is 10.5 Å². The third-order valence-corrected chi connectivity index (χ3v) is 2.68. The quantitative estimate of drug-likeness (QED) is 0.823. The number of hydrogen-bond acceptors (Lipinski definition) is 2. The molecule has 0 aliphatic rings. The van der Waals surface area contributed by atoms with Gasteiger partial charge in [-0.2, -0.15) is 0 Å². The molecule has 0 aliphatic carbocycles. The summed E-state index contributed by atoms with van der Waals surface area (Å²) in [6.45, 7) is 6.32. The van der Waals surface area contributed by atoms with Crippen LogP contribution in [0.4, 0.5) is 0 Å². The highest BCUT2D eigenvalue weighted by atomic mass is 16.5. The topological polar surface area (TPSA) is 35.2 Å². The highest BCUT2D eigenvalue weighted by Crippen LogP contribution is 2.30. The second-order valence-corrected chi connectivity index (χ2v) is 4.09. The molecule has 1 aromatic carbocycles. The summed E-state index contributed by atoms with van der Waals surface area (Å²) in [5.74, 6) is 0.924. The minimum Gasteiger partial charge on any atom is -0.496 e. The summed E-state index contributed by atoms with van der Waals surface area (Å²) in [6.07, 6.45) is 2.10. The molecule has 0 saturated heterocycles. The lowest BCUT2D eigenvalue weighted by Crippen LogP contribution is -2.13. The average Bonchev–Trinajstić information content (AvgIpc) is 2.16. The van der Waals surface area contributed by atoms with Crippen LogP contribution >= 0.6 is 0 Å². The van der Waals surface area contributed by atoms with E-state index in [1.165, 1.54) is 11.1 Å². The summed E-state index contributed by atoms with van der Waals surface area (Å²) >= 11 is 0. The molecule has 0 saturated carbocycles. The fourth-order valence-corrected chi connectivity index (χ4v) is 2.04. The molecule has 0 fully saturated rings. The predicted molar refractivity (Wildman–Crippen MR) is 64.3 cm³/mol. The summed E-state index contributed by atoms with van der Waals surface area (Å²) in [4.78, 5) is 0. The predicted octanol–water partition coefficient (Wildman–Crippen LogP) is 3.11. The first kappa shape index (κ1) is 12.1. The maximum atomic E-state index is 6.15. The van der Waals surface area contributed by atoms with E-state index in [1.807, 2.05) is 0 Å². The normalized spacial score (nSPS) is 12.6. The van der Waals surface area contributed by atoms with Crippen LogP contribution in [0.25, 0.3) is 0 Å². The number of nitrogens with two attached hydrogens (primary N) is 1. The smallest absolute Gasteiger partial charge is 0.124 e. The van der Waals surface area contributed by atoms with E-state index >= 15 is 0 Å². The van der Waals surface area contributed by atoms with Crippen molar-refractivity contribution in [2.45, 2.75) is 39.7 Å². The largest absolute Gasteiger partial charge is 0.496 e. The van der Waals surface area contributed by atoms with Gasteiger partial charge in [0.25, 0.3) is 0 Å². The van der Waals surface area contributed by atoms with Crippen molar-refractivity contribution in [3.8, 4) is 5.75 Å². The number of rotatable bonds is 4. The van der Waals surface area contributed by atoms with Crippen molar-refractivity contribution in [1.82, 2.24) is 0 Å². The molecule has 1 rings (SSSR count). The van der Waals surface area contributed by atoms with Gasteiger partial charge in [0, 0.05) is 11.6 Å². The van der Waals surface area contributed by atoms with Crippen LogP contribution in [0.15, 0.2) is 12.1 Å². The van der Waals surface area contributed by atoms with Gasteiger partial charge in [0.1, 0.15) is 5.75 Å². The van der Waals surface area contributed by atoms with E-state index in [1.54, 1.807) is 7.11 Å². The fraction of sp³-hybridized carbons (Fsp3) is 0.538. The summed E-state index contributed by atoms with van der Waals surface area (Å²) in [6, 6.07) is 4.30. The zero-order valence-corrected chi connectivity index (χ0v) is 10.1. The molecule has 0 bridgehead atoms. The first-order valence-electron chi connectivity index (χ1n) is 5.50. The number of ether oxygens (including phenoxy) is 1. The van der Waals surface area contributed by atoms with Gasteiger partial charge in [-0.25, -0.2) is 0 Å². The van der Waals surface area contributed by atoms with Crippen LogP contribution in [0.1, 0.15) is 42.5 Å². The number of benzene rings is 1. The Bertz CT molecular complexity index is 334. The highest BCUT2D eigenvalue weighted by Gasteiger charge is 2.14.